The molecule has 0 radical (unpaired) electrons. The molecule has 2 aromatic rings. The van der Waals surface area contributed by atoms with Gasteiger partial charge in [-0.2, -0.15) is 0 Å². The summed E-state index contributed by atoms with van der Waals surface area (Å²) in [7, 11) is 0. The number of nitrogens with zero attached hydrogens (tertiary/aromatic N) is 2. The maximum atomic E-state index is 13.6. The van der Waals surface area contributed by atoms with Gasteiger partial charge in [0.1, 0.15) is 0 Å². The van der Waals surface area contributed by atoms with Crippen molar-refractivity contribution in [2.24, 2.45) is 16.7 Å². The zero-order valence-electron chi connectivity index (χ0n) is 23.2. The summed E-state index contributed by atoms with van der Waals surface area (Å²) in [6.07, 6.45) is 2.92. The number of aryl methyl sites for hydroxylation is 3. The lowest BCUT2D eigenvalue weighted by atomic mass is 9.92. The normalized spacial score (nSPS) is 18.8. The molecule has 192 valence electrons. The van der Waals surface area contributed by atoms with Crippen LogP contribution in [0.1, 0.15) is 69.2 Å². The van der Waals surface area contributed by atoms with Crippen LogP contribution in [0.15, 0.2) is 43.0 Å². The summed E-state index contributed by atoms with van der Waals surface area (Å²) in [5, 5.41) is 0. The number of carbonyl (C=O) groups excluding carboxylic acids is 2. The smallest absolute Gasteiger partial charge is 0.232 e. The average molecular weight is 487 g/mol. The highest BCUT2D eigenvalue weighted by Gasteiger charge is 2.48. The van der Waals surface area contributed by atoms with E-state index in [1.807, 2.05) is 30.6 Å². The number of benzene rings is 2. The molecule has 2 fully saturated rings. The molecule has 0 spiro atoms. The Morgan fingerprint density at radius 3 is 2.17 bits per heavy atom. The molecule has 4 nitrogen and oxygen atoms in total. The Kier molecular flexibility index (Phi) is 6.94. The van der Waals surface area contributed by atoms with Gasteiger partial charge >= 0.3 is 0 Å². The third kappa shape index (κ3) is 5.28. The summed E-state index contributed by atoms with van der Waals surface area (Å²) in [5.41, 5.74) is 7.11. The third-order valence-corrected chi connectivity index (χ3v) is 8.12. The van der Waals surface area contributed by atoms with Crippen LogP contribution in [-0.2, 0) is 9.59 Å². The first-order valence-electron chi connectivity index (χ1n) is 13.3. The number of hydrogen-bond donors (Lipinski definition) is 0. The molecule has 1 unspecified atom stereocenters. The summed E-state index contributed by atoms with van der Waals surface area (Å²) in [5.74, 6) is 0.619. The Morgan fingerprint density at radius 1 is 1.00 bits per heavy atom. The van der Waals surface area contributed by atoms with Gasteiger partial charge in [0.2, 0.25) is 11.8 Å². The zero-order valence-corrected chi connectivity index (χ0v) is 23.2. The van der Waals surface area contributed by atoms with Crippen LogP contribution in [0.5, 0.6) is 0 Å². The largest absolute Gasteiger partial charge is 0.342 e. The molecule has 1 aliphatic carbocycles. The van der Waals surface area contributed by atoms with Gasteiger partial charge in [0, 0.05) is 41.7 Å². The quantitative estimate of drug-likeness (QED) is 0.452. The van der Waals surface area contributed by atoms with E-state index in [-0.39, 0.29) is 23.1 Å². The fraction of sp³-hybridized carbons (Fsp3) is 0.500. The van der Waals surface area contributed by atoms with Gasteiger partial charge in [-0.3, -0.25) is 9.59 Å². The number of rotatable bonds is 6. The van der Waals surface area contributed by atoms with Gasteiger partial charge in [-0.05, 0) is 73.8 Å². The van der Waals surface area contributed by atoms with E-state index in [1.165, 1.54) is 22.3 Å². The van der Waals surface area contributed by atoms with Crippen LogP contribution in [0, 0.1) is 37.5 Å². The van der Waals surface area contributed by atoms with Crippen molar-refractivity contribution in [2.45, 2.75) is 67.7 Å². The lowest BCUT2D eigenvalue weighted by Crippen LogP contribution is -2.42. The zero-order chi connectivity index (χ0) is 26.4. The standard InChI is InChI=1S/C32H42N2O2/c1-21-9-10-26(17-22(21)2)27-11-12-28(23(3)18-27)24(4)34(29(35)31(5,6)7)20-25-13-16-33(19-25)30(36)32(8)14-15-32/h9-12,17-18,25H,4,13-16,19-20H2,1-3,5-8H3. The topological polar surface area (TPSA) is 40.6 Å². The molecular weight excluding hydrogens is 444 g/mol. The van der Waals surface area contributed by atoms with Crippen molar-refractivity contribution in [1.82, 2.24) is 9.80 Å². The Balaban J connectivity index is 1.56. The summed E-state index contributed by atoms with van der Waals surface area (Å²) < 4.78 is 0. The molecule has 1 heterocycles. The average Bonchev–Trinajstić information content (AvgIpc) is 3.40. The summed E-state index contributed by atoms with van der Waals surface area (Å²) >= 11 is 0. The molecule has 4 rings (SSSR count). The molecular formula is C32H42N2O2. The Labute approximate surface area is 217 Å². The molecule has 2 aliphatic rings. The second-order valence-electron chi connectivity index (χ2n) is 12.4. The minimum Gasteiger partial charge on any atom is -0.342 e. The molecule has 36 heavy (non-hydrogen) atoms. The molecule has 1 saturated heterocycles. The highest BCUT2D eigenvalue weighted by atomic mass is 16.2. The first kappa shape index (κ1) is 26.2. The summed E-state index contributed by atoms with van der Waals surface area (Å²) in [4.78, 5) is 30.4. The fourth-order valence-electron chi connectivity index (χ4n) is 5.16. The molecule has 0 bridgehead atoms. The third-order valence-electron chi connectivity index (χ3n) is 8.12. The predicted octanol–water partition coefficient (Wildman–Crippen LogP) is 6.77. The van der Waals surface area contributed by atoms with Gasteiger partial charge in [0.05, 0.1) is 0 Å². The van der Waals surface area contributed by atoms with Crippen molar-refractivity contribution in [3.05, 3.63) is 65.2 Å². The van der Waals surface area contributed by atoms with E-state index in [1.54, 1.807) is 0 Å². The van der Waals surface area contributed by atoms with E-state index in [9.17, 15) is 9.59 Å². The molecule has 1 saturated carbocycles. The van der Waals surface area contributed by atoms with E-state index in [4.69, 9.17) is 0 Å². The Bertz CT molecular complexity index is 1200. The van der Waals surface area contributed by atoms with Crippen LogP contribution < -0.4 is 0 Å². The van der Waals surface area contributed by atoms with Gasteiger partial charge in [-0.1, -0.05) is 70.7 Å². The SMILES string of the molecule is C=C(c1ccc(-c2ccc(C)c(C)c2)cc1C)N(CC1CCN(C(=O)C2(C)CC2)C1)C(=O)C(C)(C)C. The molecule has 0 aromatic heterocycles. The van der Waals surface area contributed by atoms with Crippen LogP contribution in [0.25, 0.3) is 16.8 Å². The first-order chi connectivity index (χ1) is 16.8. The number of amides is 2. The first-order valence-corrected chi connectivity index (χ1v) is 13.3. The van der Waals surface area contributed by atoms with Crippen LogP contribution >= 0.6 is 0 Å². The van der Waals surface area contributed by atoms with E-state index >= 15 is 0 Å². The maximum Gasteiger partial charge on any atom is 0.232 e. The van der Waals surface area contributed by atoms with Gasteiger partial charge in [0.15, 0.2) is 0 Å². The number of likely N-dealkylation sites (tertiary alicyclic amines) is 1. The van der Waals surface area contributed by atoms with Gasteiger partial charge in [-0.15, -0.1) is 0 Å². The summed E-state index contributed by atoms with van der Waals surface area (Å²) in [6, 6.07) is 13.0. The van der Waals surface area contributed by atoms with Gasteiger partial charge < -0.3 is 9.80 Å². The van der Waals surface area contributed by atoms with Gasteiger partial charge in [0.25, 0.3) is 0 Å². The van der Waals surface area contributed by atoms with E-state index < -0.39 is 5.41 Å². The van der Waals surface area contributed by atoms with Crippen molar-refractivity contribution in [2.75, 3.05) is 19.6 Å². The van der Waals surface area contributed by atoms with Crippen molar-refractivity contribution in [3.8, 4) is 11.1 Å². The second kappa shape index (κ2) is 9.53. The van der Waals surface area contributed by atoms with Crippen LogP contribution in [-0.4, -0.2) is 41.2 Å². The maximum absolute atomic E-state index is 13.6. The molecule has 0 N–H and O–H groups in total. The Hall–Kier alpha value is -2.88. The van der Waals surface area contributed by atoms with Crippen molar-refractivity contribution >= 4 is 17.5 Å². The lowest BCUT2D eigenvalue weighted by Gasteiger charge is -2.33. The molecule has 4 heteroatoms. The highest BCUT2D eigenvalue weighted by molar-refractivity contribution is 5.90. The van der Waals surface area contributed by atoms with Crippen molar-refractivity contribution in [1.29, 1.82) is 0 Å². The monoisotopic (exact) mass is 486 g/mol. The second-order valence-corrected chi connectivity index (χ2v) is 12.4. The Morgan fingerprint density at radius 2 is 1.61 bits per heavy atom. The predicted molar refractivity (Wildman–Crippen MR) is 148 cm³/mol. The van der Waals surface area contributed by atoms with Crippen LogP contribution in [0.2, 0.25) is 0 Å². The van der Waals surface area contributed by atoms with Crippen LogP contribution in [0.4, 0.5) is 0 Å². The molecule has 2 aromatic carbocycles. The van der Waals surface area contributed by atoms with E-state index in [0.29, 0.717) is 6.54 Å². The number of hydrogen-bond acceptors (Lipinski definition) is 2. The van der Waals surface area contributed by atoms with Crippen molar-refractivity contribution < 1.29 is 9.59 Å². The van der Waals surface area contributed by atoms with E-state index in [2.05, 4.69) is 70.7 Å². The molecule has 1 aliphatic heterocycles. The molecule has 2 amide bonds. The highest BCUT2D eigenvalue weighted by Crippen LogP contribution is 2.47. The minimum absolute atomic E-state index is 0.0732. The lowest BCUT2D eigenvalue weighted by molar-refractivity contribution is -0.136. The summed E-state index contributed by atoms with van der Waals surface area (Å²) in [6.45, 7) is 20.8. The van der Waals surface area contributed by atoms with Crippen LogP contribution in [0.3, 0.4) is 0 Å². The molecule has 1 atom stereocenters. The number of carbonyl (C=O) groups is 2. The van der Waals surface area contributed by atoms with E-state index in [0.717, 1.165) is 49.2 Å². The fourth-order valence-corrected chi connectivity index (χ4v) is 5.16. The van der Waals surface area contributed by atoms with Gasteiger partial charge in [-0.25, -0.2) is 0 Å². The van der Waals surface area contributed by atoms with Crippen molar-refractivity contribution in [3.63, 3.8) is 0 Å². The minimum atomic E-state index is -0.522.